The van der Waals surface area contributed by atoms with Crippen LogP contribution >= 0.6 is 12.4 Å². The molecule has 2 N–H and O–H groups in total. The third kappa shape index (κ3) is 5.08. The lowest BCUT2D eigenvalue weighted by Gasteiger charge is -2.24. The molecule has 1 aromatic carbocycles. The van der Waals surface area contributed by atoms with E-state index in [1.54, 1.807) is 6.07 Å². The van der Waals surface area contributed by atoms with Gasteiger partial charge in [0.25, 0.3) is 0 Å². The Morgan fingerprint density at radius 2 is 2.21 bits per heavy atom. The number of ether oxygens (including phenoxy) is 1. The lowest BCUT2D eigenvalue weighted by Crippen LogP contribution is -2.41. The van der Waals surface area contributed by atoms with Crippen LogP contribution in [-0.4, -0.2) is 25.6 Å². The lowest BCUT2D eigenvalue weighted by atomic mass is 9.98. The van der Waals surface area contributed by atoms with Crippen LogP contribution in [0.4, 0.5) is 4.39 Å². The van der Waals surface area contributed by atoms with E-state index in [-0.39, 0.29) is 36.1 Å². The van der Waals surface area contributed by atoms with Gasteiger partial charge < -0.3 is 15.4 Å². The van der Waals surface area contributed by atoms with Gasteiger partial charge in [0.05, 0.1) is 18.6 Å². The molecule has 1 aromatic rings. The third-order valence-electron chi connectivity index (χ3n) is 4.65. The average Bonchev–Trinajstić information content (AvgIpc) is 3.38. The van der Waals surface area contributed by atoms with Crippen molar-refractivity contribution in [3.8, 4) is 5.75 Å². The van der Waals surface area contributed by atoms with Gasteiger partial charge in [-0.05, 0) is 62.8 Å². The second-order valence-electron chi connectivity index (χ2n) is 6.72. The number of rotatable bonds is 6. The molecular weight excluding hydrogens is 331 g/mol. The van der Waals surface area contributed by atoms with E-state index in [0.717, 1.165) is 31.5 Å². The third-order valence-corrected chi connectivity index (χ3v) is 4.65. The fourth-order valence-electron chi connectivity index (χ4n) is 2.89. The number of carbonyl (C=O) groups is 1. The normalized spacial score (nSPS) is 21.5. The minimum atomic E-state index is -0.358. The van der Waals surface area contributed by atoms with Crippen molar-refractivity contribution in [3.63, 3.8) is 0 Å². The van der Waals surface area contributed by atoms with Crippen molar-refractivity contribution in [1.82, 2.24) is 10.6 Å². The summed E-state index contributed by atoms with van der Waals surface area (Å²) < 4.78 is 19.6. The first-order valence-corrected chi connectivity index (χ1v) is 8.57. The summed E-state index contributed by atoms with van der Waals surface area (Å²) >= 11 is 0. The van der Waals surface area contributed by atoms with Crippen molar-refractivity contribution in [2.75, 3.05) is 19.7 Å². The van der Waals surface area contributed by atoms with Gasteiger partial charge in [0, 0.05) is 6.54 Å². The molecular formula is C18H26ClFN2O2. The Balaban J connectivity index is 0.00000208. The highest BCUT2D eigenvalue weighted by molar-refractivity contribution is 5.85. The maximum absolute atomic E-state index is 14.1. The number of hydrogen-bond acceptors (Lipinski definition) is 3. The highest BCUT2D eigenvalue weighted by Crippen LogP contribution is 2.30. The number of benzene rings is 1. The van der Waals surface area contributed by atoms with Crippen LogP contribution in [0.15, 0.2) is 18.2 Å². The van der Waals surface area contributed by atoms with Crippen LogP contribution < -0.4 is 15.4 Å². The quantitative estimate of drug-likeness (QED) is 0.822. The number of piperidine rings is 1. The molecule has 1 saturated carbocycles. The van der Waals surface area contributed by atoms with Crippen molar-refractivity contribution in [3.05, 3.63) is 29.6 Å². The van der Waals surface area contributed by atoms with Crippen molar-refractivity contribution < 1.29 is 13.9 Å². The van der Waals surface area contributed by atoms with Crippen LogP contribution in [0.1, 0.15) is 44.2 Å². The molecule has 1 heterocycles. The Labute approximate surface area is 148 Å². The molecule has 1 saturated heterocycles. The van der Waals surface area contributed by atoms with E-state index in [1.165, 1.54) is 18.9 Å². The van der Waals surface area contributed by atoms with Crippen molar-refractivity contribution in [2.24, 2.45) is 11.8 Å². The molecule has 6 heteroatoms. The van der Waals surface area contributed by atoms with Gasteiger partial charge in [-0.25, -0.2) is 4.39 Å². The Kier molecular flexibility index (Phi) is 6.87. The van der Waals surface area contributed by atoms with Crippen LogP contribution in [0.5, 0.6) is 5.75 Å². The van der Waals surface area contributed by atoms with E-state index < -0.39 is 0 Å². The van der Waals surface area contributed by atoms with E-state index >= 15 is 0 Å². The fraction of sp³-hybridized carbons (Fsp3) is 0.611. The Bertz CT molecular complexity index is 560. The van der Waals surface area contributed by atoms with Gasteiger partial charge >= 0.3 is 0 Å². The molecule has 1 amide bonds. The Morgan fingerprint density at radius 3 is 2.83 bits per heavy atom. The first-order valence-electron chi connectivity index (χ1n) is 8.57. The highest BCUT2D eigenvalue weighted by Gasteiger charge is 2.24. The van der Waals surface area contributed by atoms with Crippen LogP contribution in [0.3, 0.4) is 0 Å². The number of halogens is 2. The standard InChI is InChI=1S/C18H25FN2O2.ClH/c1-12(21-18(22)15-3-2-8-20-10-15)14-6-7-17(16(19)9-14)23-11-13-4-5-13;/h6-7,9,12-13,15,20H,2-5,8,10-11H2,1H3,(H,21,22);1H. The molecule has 2 aliphatic rings. The summed E-state index contributed by atoms with van der Waals surface area (Å²) in [4.78, 5) is 12.2. The number of amides is 1. The van der Waals surface area contributed by atoms with Gasteiger partial charge in [0.1, 0.15) is 0 Å². The maximum atomic E-state index is 14.1. The van der Waals surface area contributed by atoms with Gasteiger partial charge in [-0.2, -0.15) is 0 Å². The monoisotopic (exact) mass is 356 g/mol. The summed E-state index contributed by atoms with van der Waals surface area (Å²) in [6.07, 6.45) is 4.29. The zero-order valence-electron chi connectivity index (χ0n) is 14.0. The Morgan fingerprint density at radius 1 is 1.42 bits per heavy atom. The molecule has 24 heavy (non-hydrogen) atoms. The average molecular weight is 357 g/mol. The Hall–Kier alpha value is -1.33. The SMILES string of the molecule is CC(NC(=O)C1CCCNC1)c1ccc(OCC2CC2)c(F)c1.Cl. The molecule has 0 radical (unpaired) electrons. The first kappa shape index (κ1) is 19.0. The number of carbonyl (C=O) groups excluding carboxylic acids is 1. The van der Waals surface area contributed by atoms with Crippen molar-refractivity contribution >= 4 is 18.3 Å². The van der Waals surface area contributed by atoms with Crippen LogP contribution in [-0.2, 0) is 4.79 Å². The molecule has 1 aliphatic heterocycles. The molecule has 2 fully saturated rings. The summed E-state index contributed by atoms with van der Waals surface area (Å²) in [7, 11) is 0. The maximum Gasteiger partial charge on any atom is 0.224 e. The van der Waals surface area contributed by atoms with E-state index in [9.17, 15) is 9.18 Å². The molecule has 0 bridgehead atoms. The van der Waals surface area contributed by atoms with Crippen molar-refractivity contribution in [1.29, 1.82) is 0 Å². The summed E-state index contributed by atoms with van der Waals surface area (Å²) in [5.41, 5.74) is 0.762. The smallest absolute Gasteiger partial charge is 0.224 e. The van der Waals surface area contributed by atoms with Gasteiger partial charge in [0.15, 0.2) is 11.6 Å². The molecule has 134 valence electrons. The van der Waals surface area contributed by atoms with Crippen LogP contribution in [0, 0.1) is 17.7 Å². The zero-order valence-corrected chi connectivity index (χ0v) is 14.8. The predicted octanol–water partition coefficient (Wildman–Crippen LogP) is 3.21. The van der Waals surface area contributed by atoms with Gasteiger partial charge in [-0.1, -0.05) is 6.07 Å². The van der Waals surface area contributed by atoms with E-state index in [4.69, 9.17) is 4.74 Å². The summed E-state index contributed by atoms with van der Waals surface area (Å²) in [6, 6.07) is 4.75. The second-order valence-corrected chi connectivity index (χ2v) is 6.72. The van der Waals surface area contributed by atoms with Gasteiger partial charge in [0.2, 0.25) is 5.91 Å². The van der Waals surface area contributed by atoms with Crippen LogP contribution in [0.2, 0.25) is 0 Å². The molecule has 0 spiro atoms. The minimum Gasteiger partial charge on any atom is -0.490 e. The fourth-order valence-corrected chi connectivity index (χ4v) is 2.89. The molecule has 3 rings (SSSR count). The zero-order chi connectivity index (χ0) is 16.2. The van der Waals surface area contributed by atoms with Gasteiger partial charge in [-0.3, -0.25) is 4.79 Å². The van der Waals surface area contributed by atoms with Crippen LogP contribution in [0.25, 0.3) is 0 Å². The number of nitrogens with one attached hydrogen (secondary N) is 2. The molecule has 0 aromatic heterocycles. The molecule has 2 unspecified atom stereocenters. The molecule has 4 nitrogen and oxygen atoms in total. The van der Waals surface area contributed by atoms with E-state index in [1.807, 2.05) is 13.0 Å². The highest BCUT2D eigenvalue weighted by atomic mass is 35.5. The van der Waals surface area contributed by atoms with Gasteiger partial charge in [-0.15, -0.1) is 12.4 Å². The largest absolute Gasteiger partial charge is 0.490 e. The minimum absolute atomic E-state index is 0. The summed E-state index contributed by atoms with van der Waals surface area (Å²) in [5, 5.41) is 6.22. The summed E-state index contributed by atoms with van der Waals surface area (Å²) in [6.45, 7) is 4.18. The molecule has 1 aliphatic carbocycles. The lowest BCUT2D eigenvalue weighted by molar-refractivity contribution is -0.126. The summed E-state index contributed by atoms with van der Waals surface area (Å²) in [5.74, 6) is 0.590. The second kappa shape index (κ2) is 8.67. The number of hydrogen-bond donors (Lipinski definition) is 2. The van der Waals surface area contributed by atoms with E-state index in [2.05, 4.69) is 10.6 Å². The topological polar surface area (TPSA) is 50.4 Å². The first-order chi connectivity index (χ1) is 11.1. The van der Waals surface area contributed by atoms with Crippen molar-refractivity contribution in [2.45, 2.75) is 38.6 Å². The van der Waals surface area contributed by atoms with E-state index in [0.29, 0.717) is 18.3 Å². The predicted molar refractivity (Wildman–Crippen MR) is 94.0 cm³/mol. The molecule has 2 atom stereocenters.